The summed E-state index contributed by atoms with van der Waals surface area (Å²) in [5.74, 6) is 1.52. The molecule has 1 aliphatic heterocycles. The molecule has 3 rings (SSSR count). The van der Waals surface area contributed by atoms with Gasteiger partial charge in [-0.3, -0.25) is 5.32 Å². The third-order valence-corrected chi connectivity index (χ3v) is 4.47. The minimum absolute atomic E-state index is 0.353. The zero-order valence-electron chi connectivity index (χ0n) is 15.4. The summed E-state index contributed by atoms with van der Waals surface area (Å²) >= 11 is 0. The molecule has 6 nitrogen and oxygen atoms in total. The van der Waals surface area contributed by atoms with Gasteiger partial charge in [-0.15, -0.1) is 0 Å². The Bertz CT molecular complexity index is 774. The van der Waals surface area contributed by atoms with Gasteiger partial charge in [-0.2, -0.15) is 0 Å². The maximum Gasteiger partial charge on any atom is 0.411 e. The number of methoxy groups -OCH3 is 2. The molecule has 0 aliphatic carbocycles. The number of ether oxygens (including phenoxy) is 3. The number of nitrogens with one attached hydrogen (secondary N) is 1. The van der Waals surface area contributed by atoms with Crippen LogP contribution in [0.5, 0.6) is 11.5 Å². The number of nitrogens with zero attached hydrogens (tertiary/aromatic N) is 1. The monoisotopic (exact) mass is 356 g/mol. The molecule has 0 unspecified atom stereocenters. The number of hydrogen-bond donors (Lipinski definition) is 1. The smallest absolute Gasteiger partial charge is 0.411 e. The lowest BCUT2D eigenvalue weighted by atomic mass is 9.98. The van der Waals surface area contributed by atoms with Gasteiger partial charge in [-0.25, -0.2) is 4.79 Å². The number of rotatable bonds is 5. The van der Waals surface area contributed by atoms with E-state index < -0.39 is 6.09 Å². The molecule has 0 radical (unpaired) electrons. The Morgan fingerprint density at radius 2 is 1.73 bits per heavy atom. The lowest BCUT2D eigenvalue weighted by molar-refractivity contribution is 0.168. The standard InChI is InChI=1S/C20H24N2O4/c1-4-26-20(23)21-16-5-7-17(8-6-16)22-10-9-14-11-18(24-2)19(25-3)12-15(14)13-22/h5-8,11-12H,4,9-10,13H2,1-3H3,(H,21,23). The average molecular weight is 356 g/mol. The molecule has 1 heterocycles. The first-order valence-corrected chi connectivity index (χ1v) is 8.67. The molecule has 6 heteroatoms. The molecule has 2 aromatic carbocycles. The van der Waals surface area contributed by atoms with Gasteiger partial charge in [0.25, 0.3) is 0 Å². The van der Waals surface area contributed by atoms with Crippen molar-refractivity contribution in [2.45, 2.75) is 19.9 Å². The summed E-state index contributed by atoms with van der Waals surface area (Å²) in [7, 11) is 3.31. The van der Waals surface area contributed by atoms with E-state index in [9.17, 15) is 4.79 Å². The number of carbonyl (C=O) groups excluding carboxylic acids is 1. The highest BCUT2D eigenvalue weighted by Gasteiger charge is 2.19. The van der Waals surface area contributed by atoms with Crippen LogP contribution < -0.4 is 19.7 Å². The van der Waals surface area contributed by atoms with E-state index in [1.165, 1.54) is 11.1 Å². The maximum absolute atomic E-state index is 11.5. The SMILES string of the molecule is CCOC(=O)Nc1ccc(N2CCc3cc(OC)c(OC)cc3C2)cc1. The second kappa shape index (κ2) is 7.99. The van der Waals surface area contributed by atoms with Crippen molar-refractivity contribution in [2.75, 3.05) is 37.6 Å². The van der Waals surface area contributed by atoms with Gasteiger partial charge in [0.2, 0.25) is 0 Å². The van der Waals surface area contributed by atoms with Gasteiger partial charge in [0.05, 0.1) is 20.8 Å². The molecule has 0 aromatic heterocycles. The number of amides is 1. The molecule has 0 spiro atoms. The van der Waals surface area contributed by atoms with Crippen LogP contribution in [0.2, 0.25) is 0 Å². The molecule has 1 N–H and O–H groups in total. The zero-order valence-corrected chi connectivity index (χ0v) is 15.4. The second-order valence-electron chi connectivity index (χ2n) is 6.04. The Balaban J connectivity index is 1.73. The minimum atomic E-state index is -0.437. The number of hydrogen-bond acceptors (Lipinski definition) is 5. The predicted molar refractivity (Wildman–Crippen MR) is 101 cm³/mol. The molecular weight excluding hydrogens is 332 g/mol. The maximum atomic E-state index is 11.5. The topological polar surface area (TPSA) is 60.0 Å². The molecular formula is C20H24N2O4. The van der Waals surface area contributed by atoms with Crippen LogP contribution in [-0.2, 0) is 17.7 Å². The Morgan fingerprint density at radius 3 is 2.35 bits per heavy atom. The van der Waals surface area contributed by atoms with Gasteiger partial charge >= 0.3 is 6.09 Å². The summed E-state index contributed by atoms with van der Waals surface area (Å²) in [6, 6.07) is 11.9. The summed E-state index contributed by atoms with van der Waals surface area (Å²) in [4.78, 5) is 13.8. The Morgan fingerprint density at radius 1 is 1.08 bits per heavy atom. The fourth-order valence-corrected chi connectivity index (χ4v) is 3.14. The van der Waals surface area contributed by atoms with Crippen LogP contribution in [0.1, 0.15) is 18.1 Å². The normalized spacial score (nSPS) is 13.0. The first kappa shape index (κ1) is 17.9. The van der Waals surface area contributed by atoms with Gasteiger partial charge in [-0.05, 0) is 60.9 Å². The van der Waals surface area contributed by atoms with E-state index in [0.29, 0.717) is 6.61 Å². The molecule has 0 saturated heterocycles. The summed E-state index contributed by atoms with van der Waals surface area (Å²) in [5, 5.41) is 2.71. The Hall–Kier alpha value is -2.89. The second-order valence-corrected chi connectivity index (χ2v) is 6.04. The van der Waals surface area contributed by atoms with Gasteiger partial charge in [-0.1, -0.05) is 0 Å². The van der Waals surface area contributed by atoms with E-state index in [-0.39, 0.29) is 0 Å². The molecule has 0 saturated carbocycles. The minimum Gasteiger partial charge on any atom is -0.493 e. The van der Waals surface area contributed by atoms with Crippen molar-refractivity contribution in [2.24, 2.45) is 0 Å². The third-order valence-electron chi connectivity index (χ3n) is 4.47. The van der Waals surface area contributed by atoms with Crippen molar-refractivity contribution in [1.82, 2.24) is 0 Å². The van der Waals surface area contributed by atoms with Gasteiger partial charge < -0.3 is 19.1 Å². The van der Waals surface area contributed by atoms with Crippen LogP contribution in [-0.4, -0.2) is 33.5 Å². The Kier molecular flexibility index (Phi) is 5.51. The molecule has 1 amide bonds. The van der Waals surface area contributed by atoms with Crippen LogP contribution in [0.4, 0.5) is 16.2 Å². The van der Waals surface area contributed by atoms with Crippen LogP contribution in [0.25, 0.3) is 0 Å². The lowest BCUT2D eigenvalue weighted by Gasteiger charge is -2.31. The summed E-state index contributed by atoms with van der Waals surface area (Å²) in [5.41, 5.74) is 4.36. The summed E-state index contributed by atoms with van der Waals surface area (Å²) in [6.45, 7) is 3.86. The van der Waals surface area contributed by atoms with Gasteiger partial charge in [0, 0.05) is 24.5 Å². The lowest BCUT2D eigenvalue weighted by Crippen LogP contribution is -2.30. The van der Waals surface area contributed by atoms with Crippen molar-refractivity contribution in [3.05, 3.63) is 47.5 Å². The molecule has 1 aliphatic rings. The Labute approximate surface area is 153 Å². The molecule has 0 bridgehead atoms. The molecule has 26 heavy (non-hydrogen) atoms. The van der Waals surface area contributed by atoms with Crippen LogP contribution in [0.15, 0.2) is 36.4 Å². The average Bonchev–Trinajstić information content (AvgIpc) is 2.67. The first-order chi connectivity index (χ1) is 12.6. The van der Waals surface area contributed by atoms with Crippen LogP contribution in [0, 0.1) is 0 Å². The van der Waals surface area contributed by atoms with Crippen molar-refractivity contribution in [3.8, 4) is 11.5 Å². The zero-order chi connectivity index (χ0) is 18.5. The first-order valence-electron chi connectivity index (χ1n) is 8.67. The van der Waals surface area contributed by atoms with Crippen molar-refractivity contribution in [1.29, 1.82) is 0 Å². The number of benzene rings is 2. The summed E-state index contributed by atoms with van der Waals surface area (Å²) < 4.78 is 15.7. The fourth-order valence-electron chi connectivity index (χ4n) is 3.14. The van der Waals surface area contributed by atoms with Crippen molar-refractivity contribution in [3.63, 3.8) is 0 Å². The largest absolute Gasteiger partial charge is 0.493 e. The summed E-state index contributed by atoms with van der Waals surface area (Å²) in [6.07, 6.45) is 0.506. The van der Waals surface area contributed by atoms with E-state index >= 15 is 0 Å². The van der Waals surface area contributed by atoms with E-state index in [1.54, 1.807) is 21.1 Å². The third kappa shape index (κ3) is 3.85. The predicted octanol–water partition coefficient (Wildman–Crippen LogP) is 3.83. The molecule has 138 valence electrons. The number of fused-ring (bicyclic) bond motifs is 1. The van der Waals surface area contributed by atoms with Crippen molar-refractivity contribution < 1.29 is 19.0 Å². The highest BCUT2D eigenvalue weighted by atomic mass is 16.5. The highest BCUT2D eigenvalue weighted by molar-refractivity contribution is 5.84. The van der Waals surface area contributed by atoms with E-state index in [2.05, 4.69) is 22.3 Å². The number of anilines is 2. The quantitative estimate of drug-likeness (QED) is 0.882. The molecule has 0 atom stereocenters. The van der Waals surface area contributed by atoms with E-state index in [0.717, 1.165) is 42.4 Å². The van der Waals surface area contributed by atoms with E-state index in [1.807, 2.05) is 24.3 Å². The molecule has 2 aromatic rings. The number of carbonyl (C=O) groups is 1. The highest BCUT2D eigenvalue weighted by Crippen LogP contribution is 2.34. The van der Waals surface area contributed by atoms with E-state index in [4.69, 9.17) is 14.2 Å². The molecule has 0 fully saturated rings. The van der Waals surface area contributed by atoms with Crippen LogP contribution in [0.3, 0.4) is 0 Å². The van der Waals surface area contributed by atoms with Gasteiger partial charge in [0.15, 0.2) is 11.5 Å². The van der Waals surface area contributed by atoms with Crippen molar-refractivity contribution >= 4 is 17.5 Å². The fraction of sp³-hybridized carbons (Fsp3) is 0.350. The van der Waals surface area contributed by atoms with Crippen LogP contribution >= 0.6 is 0 Å². The van der Waals surface area contributed by atoms with Gasteiger partial charge in [0.1, 0.15) is 0 Å².